The maximum atomic E-state index is 10.5. The number of hydrogen-bond donors (Lipinski definition) is 3. The van der Waals surface area contributed by atoms with Gasteiger partial charge in [-0.3, -0.25) is 0 Å². The van der Waals surface area contributed by atoms with Crippen LogP contribution in [0.1, 0.15) is 105 Å². The monoisotopic (exact) mass is 446 g/mol. The van der Waals surface area contributed by atoms with Crippen LogP contribution >= 0.6 is 0 Å². The summed E-state index contributed by atoms with van der Waals surface area (Å²) in [5.74, 6) is 5.91. The Morgan fingerprint density at radius 3 is 2.34 bits per heavy atom. The van der Waals surface area contributed by atoms with Crippen LogP contribution in [0.2, 0.25) is 0 Å². The van der Waals surface area contributed by atoms with Crippen molar-refractivity contribution in [1.82, 2.24) is 5.32 Å². The number of hydrogen-bond acceptors (Lipinski definition) is 3. The Morgan fingerprint density at radius 1 is 0.906 bits per heavy atom. The van der Waals surface area contributed by atoms with Gasteiger partial charge in [-0.05, 0) is 104 Å². The van der Waals surface area contributed by atoms with Crippen molar-refractivity contribution in [3.05, 3.63) is 0 Å². The van der Waals surface area contributed by atoms with E-state index in [0.29, 0.717) is 29.3 Å². The highest BCUT2D eigenvalue weighted by Crippen LogP contribution is 2.68. The second-order valence-electron chi connectivity index (χ2n) is 13.5. The topological polar surface area (TPSA) is 58.3 Å². The zero-order valence-electron chi connectivity index (χ0n) is 21.9. The molecule has 0 heterocycles. The third kappa shape index (κ3) is 4.44. The summed E-state index contributed by atoms with van der Waals surface area (Å²) in [7, 11) is 0. The van der Waals surface area contributed by atoms with E-state index in [0.717, 1.165) is 54.9 Å². The Kier molecular flexibility index (Phi) is 7.70. The average Bonchev–Trinajstić information content (AvgIpc) is 3.10. The first-order valence-electron chi connectivity index (χ1n) is 14.3. The Balaban J connectivity index is 1.53. The van der Waals surface area contributed by atoms with Crippen LogP contribution in [-0.2, 0) is 0 Å². The quantitative estimate of drug-likeness (QED) is 0.429. The molecule has 0 aromatic rings. The average molecular weight is 447 g/mol. The molecule has 0 amide bonds. The molecular weight excluding hydrogens is 392 g/mol. The molecule has 0 bridgehead atoms. The SMILES string of the molecule is CC(C)CCC[C@@H](C)[C@H]1CCC2C3C[C@@H](NCCN)C4C[C@@H](O)CC[C@]4(C)C3CC[C@@]21C. The van der Waals surface area contributed by atoms with Crippen molar-refractivity contribution in [3.8, 4) is 0 Å². The molecule has 0 aromatic heterocycles. The van der Waals surface area contributed by atoms with Gasteiger partial charge in [0, 0.05) is 19.1 Å². The Morgan fingerprint density at radius 2 is 1.62 bits per heavy atom. The summed E-state index contributed by atoms with van der Waals surface area (Å²) in [5, 5.41) is 14.4. The smallest absolute Gasteiger partial charge is 0.0543 e. The lowest BCUT2D eigenvalue weighted by molar-refractivity contribution is -0.141. The number of nitrogens with two attached hydrogens (primary N) is 1. The predicted molar refractivity (Wildman–Crippen MR) is 135 cm³/mol. The van der Waals surface area contributed by atoms with E-state index in [4.69, 9.17) is 5.73 Å². The highest BCUT2D eigenvalue weighted by molar-refractivity contribution is 5.12. The van der Waals surface area contributed by atoms with E-state index in [1.807, 2.05) is 0 Å². The molecule has 4 aliphatic carbocycles. The first-order valence-corrected chi connectivity index (χ1v) is 14.3. The largest absolute Gasteiger partial charge is 0.393 e. The first kappa shape index (κ1) is 25.0. The minimum Gasteiger partial charge on any atom is -0.393 e. The van der Waals surface area contributed by atoms with E-state index in [1.54, 1.807) is 0 Å². The highest BCUT2D eigenvalue weighted by Gasteiger charge is 2.62. The summed E-state index contributed by atoms with van der Waals surface area (Å²) >= 11 is 0. The molecule has 0 aromatic carbocycles. The molecule has 3 heteroatoms. The molecule has 32 heavy (non-hydrogen) atoms. The van der Waals surface area contributed by atoms with Gasteiger partial charge >= 0.3 is 0 Å². The van der Waals surface area contributed by atoms with Crippen LogP contribution < -0.4 is 11.1 Å². The van der Waals surface area contributed by atoms with Crippen molar-refractivity contribution in [1.29, 1.82) is 0 Å². The lowest BCUT2D eigenvalue weighted by Gasteiger charge is -2.63. The molecule has 4 N–H and O–H groups in total. The lowest BCUT2D eigenvalue weighted by Crippen LogP contribution is -2.61. The van der Waals surface area contributed by atoms with E-state index < -0.39 is 0 Å². The number of fused-ring (bicyclic) bond motifs is 5. The van der Waals surface area contributed by atoms with E-state index >= 15 is 0 Å². The second kappa shape index (κ2) is 9.86. The van der Waals surface area contributed by atoms with Gasteiger partial charge in [0.05, 0.1) is 6.10 Å². The molecule has 186 valence electrons. The Labute approximate surface area is 199 Å². The number of nitrogens with one attached hydrogen (secondary N) is 1. The van der Waals surface area contributed by atoms with Gasteiger partial charge in [0.2, 0.25) is 0 Å². The fourth-order valence-corrected chi connectivity index (χ4v) is 9.84. The van der Waals surface area contributed by atoms with Gasteiger partial charge in [-0.15, -0.1) is 0 Å². The molecule has 0 saturated heterocycles. The van der Waals surface area contributed by atoms with Crippen molar-refractivity contribution >= 4 is 0 Å². The van der Waals surface area contributed by atoms with Gasteiger partial charge in [0.1, 0.15) is 0 Å². The van der Waals surface area contributed by atoms with Crippen molar-refractivity contribution in [3.63, 3.8) is 0 Å². The minimum absolute atomic E-state index is 0.0943. The third-order valence-corrected chi connectivity index (χ3v) is 11.4. The maximum Gasteiger partial charge on any atom is 0.0543 e. The molecule has 3 nitrogen and oxygen atoms in total. The van der Waals surface area contributed by atoms with Gasteiger partial charge in [0.15, 0.2) is 0 Å². The van der Waals surface area contributed by atoms with Crippen LogP contribution in [0.15, 0.2) is 0 Å². The van der Waals surface area contributed by atoms with Crippen LogP contribution in [-0.4, -0.2) is 30.3 Å². The molecule has 0 radical (unpaired) electrons. The minimum atomic E-state index is -0.0943. The van der Waals surface area contributed by atoms with Crippen LogP contribution in [0.25, 0.3) is 0 Å². The molecule has 4 rings (SSSR count). The van der Waals surface area contributed by atoms with E-state index in [2.05, 4.69) is 39.9 Å². The maximum absolute atomic E-state index is 10.5. The first-order chi connectivity index (χ1) is 15.2. The summed E-state index contributed by atoms with van der Waals surface area (Å²) in [5.41, 5.74) is 6.86. The van der Waals surface area contributed by atoms with Crippen LogP contribution in [0, 0.1) is 52.3 Å². The summed E-state index contributed by atoms with van der Waals surface area (Å²) in [6, 6.07) is 0.546. The fourth-order valence-electron chi connectivity index (χ4n) is 9.84. The van der Waals surface area contributed by atoms with Gasteiger partial charge in [-0.25, -0.2) is 0 Å². The molecule has 4 aliphatic rings. The zero-order valence-corrected chi connectivity index (χ0v) is 21.9. The lowest BCUT2D eigenvalue weighted by atomic mass is 9.43. The third-order valence-electron chi connectivity index (χ3n) is 11.4. The van der Waals surface area contributed by atoms with Gasteiger partial charge in [-0.2, -0.15) is 0 Å². The summed E-state index contributed by atoms with van der Waals surface area (Å²) < 4.78 is 0. The Hall–Kier alpha value is -0.120. The van der Waals surface area contributed by atoms with E-state index in [9.17, 15) is 5.11 Å². The van der Waals surface area contributed by atoms with E-state index in [1.165, 1.54) is 57.8 Å². The summed E-state index contributed by atoms with van der Waals surface area (Å²) in [6.07, 6.45) is 14.5. The summed E-state index contributed by atoms with van der Waals surface area (Å²) in [6.45, 7) is 14.3. The van der Waals surface area contributed by atoms with Crippen LogP contribution in [0.5, 0.6) is 0 Å². The molecule has 0 spiro atoms. The normalized spacial score (nSPS) is 47.1. The van der Waals surface area contributed by atoms with Crippen LogP contribution in [0.4, 0.5) is 0 Å². The molecular formula is C29H54N2O. The van der Waals surface area contributed by atoms with Crippen LogP contribution in [0.3, 0.4) is 0 Å². The van der Waals surface area contributed by atoms with Crippen molar-refractivity contribution in [2.75, 3.05) is 13.1 Å². The molecule has 4 saturated carbocycles. The highest BCUT2D eigenvalue weighted by atomic mass is 16.3. The van der Waals surface area contributed by atoms with Gasteiger partial charge < -0.3 is 16.2 Å². The number of rotatable bonds is 8. The Bertz CT molecular complexity index is 622. The number of aliphatic hydroxyl groups is 1. The van der Waals surface area contributed by atoms with E-state index in [-0.39, 0.29) is 6.10 Å². The zero-order chi connectivity index (χ0) is 23.1. The molecule has 4 unspecified atom stereocenters. The van der Waals surface area contributed by atoms with Crippen molar-refractivity contribution < 1.29 is 5.11 Å². The van der Waals surface area contributed by atoms with Gasteiger partial charge in [-0.1, -0.05) is 53.9 Å². The summed E-state index contributed by atoms with van der Waals surface area (Å²) in [4.78, 5) is 0. The van der Waals surface area contributed by atoms with Crippen molar-refractivity contribution in [2.24, 2.45) is 58.0 Å². The predicted octanol–water partition coefficient (Wildman–Crippen LogP) is 6.00. The fraction of sp³-hybridized carbons (Fsp3) is 1.00. The van der Waals surface area contributed by atoms with Gasteiger partial charge in [0.25, 0.3) is 0 Å². The number of aliphatic hydroxyl groups excluding tert-OH is 1. The molecule has 10 atom stereocenters. The van der Waals surface area contributed by atoms with Crippen molar-refractivity contribution in [2.45, 2.75) is 117 Å². The standard InChI is InChI=1S/C29H54N2O/c1-19(2)7-6-8-20(3)23-9-10-24-22-18-27(31-16-15-30)26-17-21(32)11-13-29(26,5)25(22)12-14-28(23,24)4/h19-27,31-32H,6-18,30H2,1-5H3/t20-,21+,22?,23-,24?,25?,26?,27-,28-,29-/m1/s1. The molecule has 4 fully saturated rings. The molecule has 0 aliphatic heterocycles. The second-order valence-corrected chi connectivity index (χ2v) is 13.5.